The van der Waals surface area contributed by atoms with E-state index in [9.17, 15) is 4.79 Å². The van der Waals surface area contributed by atoms with Crippen LogP contribution in [0.4, 0.5) is 11.4 Å². The molecule has 2 aromatic carbocycles. The van der Waals surface area contributed by atoms with Crippen LogP contribution in [0.3, 0.4) is 0 Å². The van der Waals surface area contributed by atoms with Gasteiger partial charge in [-0.2, -0.15) is 5.10 Å². The number of hydrogen-bond acceptors (Lipinski definition) is 5. The number of carbonyl (C=O) groups excluding carboxylic acids is 1. The number of nitrogens with zero attached hydrogens (tertiary/aromatic N) is 2. The summed E-state index contributed by atoms with van der Waals surface area (Å²) in [6, 6.07) is 14.1. The monoisotopic (exact) mass is 375 g/mol. The number of likely N-dealkylation sites (tertiary alicyclic amines) is 1. The highest BCUT2D eigenvalue weighted by Gasteiger charge is 2.21. The Balaban J connectivity index is 1.37. The molecule has 1 saturated heterocycles. The summed E-state index contributed by atoms with van der Waals surface area (Å²) in [7, 11) is 0. The number of rotatable bonds is 6. The number of aromatic nitrogens is 2. The summed E-state index contributed by atoms with van der Waals surface area (Å²) in [6.07, 6.45) is 4.08. The second-order valence-corrected chi connectivity index (χ2v) is 7.31. The molecule has 1 atom stereocenters. The number of aromatic amines is 1. The van der Waals surface area contributed by atoms with Crippen LogP contribution in [0.2, 0.25) is 0 Å². The number of hydrogen-bond donors (Lipinski definition) is 3. The van der Waals surface area contributed by atoms with E-state index in [1.807, 2.05) is 30.5 Å². The van der Waals surface area contributed by atoms with Crippen molar-refractivity contribution in [3.63, 3.8) is 0 Å². The molecule has 1 fully saturated rings. The Labute approximate surface area is 164 Å². The van der Waals surface area contributed by atoms with E-state index >= 15 is 0 Å². The first-order valence-electron chi connectivity index (χ1n) is 9.60. The molecule has 0 aliphatic carbocycles. The van der Waals surface area contributed by atoms with E-state index < -0.39 is 0 Å². The number of nitrogens with one attached hydrogen (secondary N) is 3. The molecule has 4 rings (SSSR count). The lowest BCUT2D eigenvalue weighted by Gasteiger charge is -2.36. The average molecular weight is 375 g/mol. The predicted molar refractivity (Wildman–Crippen MR) is 114 cm³/mol. The highest BCUT2D eigenvalue weighted by molar-refractivity contribution is 5.94. The maximum Gasteiger partial charge on any atom is 0.159 e. The van der Waals surface area contributed by atoms with Crippen molar-refractivity contribution in [3.8, 4) is 0 Å². The van der Waals surface area contributed by atoms with Crippen molar-refractivity contribution in [1.29, 1.82) is 0 Å². The molecule has 0 spiro atoms. The topological polar surface area (TPSA) is 73.1 Å². The molecule has 3 aromatic rings. The minimum atomic E-state index is 0.0731. The van der Waals surface area contributed by atoms with Gasteiger partial charge in [0, 0.05) is 41.5 Å². The molecule has 2 heterocycles. The van der Waals surface area contributed by atoms with E-state index in [1.54, 1.807) is 6.92 Å². The van der Waals surface area contributed by atoms with Gasteiger partial charge in [-0.25, -0.2) is 0 Å². The Morgan fingerprint density at radius 3 is 2.79 bits per heavy atom. The van der Waals surface area contributed by atoms with Gasteiger partial charge in [0.2, 0.25) is 0 Å². The Hall–Kier alpha value is -3.28. The number of benzene rings is 2. The maximum absolute atomic E-state index is 11.4. The fourth-order valence-corrected chi connectivity index (χ4v) is 3.64. The van der Waals surface area contributed by atoms with E-state index in [0.29, 0.717) is 11.6 Å². The lowest BCUT2D eigenvalue weighted by atomic mass is 10.1. The third kappa shape index (κ3) is 4.01. The number of carbonyl (C=O) groups is 1. The van der Waals surface area contributed by atoms with Crippen molar-refractivity contribution < 1.29 is 4.79 Å². The van der Waals surface area contributed by atoms with E-state index in [2.05, 4.69) is 50.5 Å². The van der Waals surface area contributed by atoms with Gasteiger partial charge in [-0.15, -0.1) is 0 Å². The number of Topliss-reactive ketones (excluding diaryl/α,β-unsaturated/α-hetero) is 1. The summed E-state index contributed by atoms with van der Waals surface area (Å²) < 4.78 is 0. The van der Waals surface area contributed by atoms with E-state index in [4.69, 9.17) is 0 Å². The third-order valence-corrected chi connectivity index (χ3v) is 5.19. The maximum atomic E-state index is 11.4. The number of fused-ring (bicyclic) bond motifs is 1. The SMILES string of the molecule is C=C(Nc1ccc(C(C)=O)cc1)N1CCCC(Nc2ccc3[nH]ncc3c2)C1. The molecule has 1 aromatic heterocycles. The Morgan fingerprint density at radius 2 is 2.00 bits per heavy atom. The summed E-state index contributed by atoms with van der Waals surface area (Å²) in [4.78, 5) is 13.7. The molecule has 0 radical (unpaired) electrons. The van der Waals surface area contributed by atoms with Crippen LogP contribution in [0, 0.1) is 0 Å². The molecule has 3 N–H and O–H groups in total. The van der Waals surface area contributed by atoms with Gasteiger partial charge in [0.1, 0.15) is 0 Å². The molecule has 28 heavy (non-hydrogen) atoms. The molecule has 1 unspecified atom stereocenters. The van der Waals surface area contributed by atoms with E-state index in [-0.39, 0.29) is 5.78 Å². The molecule has 6 nitrogen and oxygen atoms in total. The van der Waals surface area contributed by atoms with Gasteiger partial charge in [0.15, 0.2) is 5.78 Å². The highest BCUT2D eigenvalue weighted by Crippen LogP contribution is 2.22. The lowest BCUT2D eigenvalue weighted by Crippen LogP contribution is -2.42. The second kappa shape index (κ2) is 7.76. The number of piperidine rings is 1. The quantitative estimate of drug-likeness (QED) is 0.563. The van der Waals surface area contributed by atoms with E-state index in [0.717, 1.165) is 54.0 Å². The molecule has 0 amide bonds. The zero-order chi connectivity index (χ0) is 19.5. The van der Waals surface area contributed by atoms with Gasteiger partial charge < -0.3 is 15.5 Å². The minimum absolute atomic E-state index is 0.0731. The van der Waals surface area contributed by atoms with Crippen molar-refractivity contribution >= 4 is 28.1 Å². The van der Waals surface area contributed by atoms with Crippen molar-refractivity contribution in [3.05, 3.63) is 66.6 Å². The van der Waals surface area contributed by atoms with Crippen LogP contribution in [-0.2, 0) is 0 Å². The molecule has 1 aliphatic rings. The van der Waals surface area contributed by atoms with Gasteiger partial charge in [-0.1, -0.05) is 6.58 Å². The fourth-order valence-electron chi connectivity index (χ4n) is 3.64. The number of H-pyrrole nitrogens is 1. The van der Waals surface area contributed by atoms with Crippen molar-refractivity contribution in [2.75, 3.05) is 23.7 Å². The van der Waals surface area contributed by atoms with E-state index in [1.165, 1.54) is 0 Å². The smallest absolute Gasteiger partial charge is 0.159 e. The molecule has 6 heteroatoms. The zero-order valence-corrected chi connectivity index (χ0v) is 16.0. The number of anilines is 2. The average Bonchev–Trinajstić information content (AvgIpc) is 3.16. The van der Waals surface area contributed by atoms with Crippen molar-refractivity contribution in [1.82, 2.24) is 15.1 Å². The Bertz CT molecular complexity index is 992. The summed E-state index contributed by atoms with van der Waals surface area (Å²) in [5, 5.41) is 15.2. The Kier molecular flexibility index (Phi) is 5.02. The van der Waals surface area contributed by atoms with Crippen LogP contribution in [0.15, 0.2) is 61.1 Å². The summed E-state index contributed by atoms with van der Waals surface area (Å²) in [5.74, 6) is 0.955. The normalized spacial score (nSPS) is 16.8. The molecule has 0 saturated carbocycles. The Morgan fingerprint density at radius 1 is 1.21 bits per heavy atom. The van der Waals surface area contributed by atoms with Crippen LogP contribution in [-0.4, -0.2) is 40.0 Å². The fraction of sp³-hybridized carbons (Fsp3) is 0.273. The molecule has 144 valence electrons. The summed E-state index contributed by atoms with van der Waals surface area (Å²) in [6.45, 7) is 7.66. The van der Waals surface area contributed by atoms with Gasteiger partial charge in [0.25, 0.3) is 0 Å². The molecular formula is C22H25N5O. The van der Waals surface area contributed by atoms with Gasteiger partial charge in [0.05, 0.1) is 17.5 Å². The first kappa shape index (κ1) is 18.1. The van der Waals surface area contributed by atoms with Gasteiger partial charge in [-0.3, -0.25) is 9.89 Å². The van der Waals surface area contributed by atoms with Crippen LogP contribution >= 0.6 is 0 Å². The van der Waals surface area contributed by atoms with Crippen LogP contribution in [0.5, 0.6) is 0 Å². The minimum Gasteiger partial charge on any atom is -0.381 e. The largest absolute Gasteiger partial charge is 0.381 e. The highest BCUT2D eigenvalue weighted by atomic mass is 16.1. The molecule has 1 aliphatic heterocycles. The number of ketones is 1. The standard InChI is InChI=1S/C22H25N5O/c1-15(28)17-5-7-19(8-6-17)24-16(2)27-11-3-4-21(14-27)25-20-9-10-22-18(12-20)13-23-26-22/h5-10,12-13,21,24-25H,2-4,11,14H2,1H3,(H,23,26). The predicted octanol–water partition coefficient (Wildman–Crippen LogP) is 4.23. The molecule has 0 bridgehead atoms. The lowest BCUT2D eigenvalue weighted by molar-refractivity contribution is 0.101. The molecular weight excluding hydrogens is 350 g/mol. The van der Waals surface area contributed by atoms with Crippen LogP contribution in [0.25, 0.3) is 10.9 Å². The zero-order valence-electron chi connectivity index (χ0n) is 16.0. The third-order valence-electron chi connectivity index (χ3n) is 5.19. The van der Waals surface area contributed by atoms with Crippen molar-refractivity contribution in [2.24, 2.45) is 0 Å². The summed E-state index contributed by atoms with van der Waals surface area (Å²) >= 11 is 0. The van der Waals surface area contributed by atoms with Crippen molar-refractivity contribution in [2.45, 2.75) is 25.8 Å². The van der Waals surface area contributed by atoms with Gasteiger partial charge in [-0.05, 0) is 62.2 Å². The summed E-state index contributed by atoms with van der Waals surface area (Å²) in [5.41, 5.74) is 3.81. The second-order valence-electron chi connectivity index (χ2n) is 7.31. The first-order valence-corrected chi connectivity index (χ1v) is 9.60. The first-order chi connectivity index (χ1) is 13.6. The van der Waals surface area contributed by atoms with Crippen LogP contribution in [0.1, 0.15) is 30.1 Å². The van der Waals surface area contributed by atoms with Crippen LogP contribution < -0.4 is 10.6 Å². The van der Waals surface area contributed by atoms with Gasteiger partial charge >= 0.3 is 0 Å².